The fraction of sp³-hybridized carbons (Fsp3) is 0.529. The lowest BCUT2D eigenvalue weighted by Gasteiger charge is -2.20. The Morgan fingerprint density at radius 1 is 1.00 bits per heavy atom. The van der Waals surface area contributed by atoms with Crippen molar-refractivity contribution in [2.45, 2.75) is 44.6 Å². The monoisotopic (exact) mass is 275 g/mol. The van der Waals surface area contributed by atoms with Crippen LogP contribution in [-0.4, -0.2) is 14.2 Å². The quantitative estimate of drug-likeness (QED) is 0.845. The van der Waals surface area contributed by atoms with E-state index in [0.717, 1.165) is 29.9 Å². The molecule has 2 N–H and O–H groups in total. The molecule has 0 amide bonds. The summed E-state index contributed by atoms with van der Waals surface area (Å²) in [4.78, 5) is 0. The summed E-state index contributed by atoms with van der Waals surface area (Å²) in [7, 11) is 3.30. The maximum atomic E-state index is 6.44. The molecule has 3 heteroatoms. The van der Waals surface area contributed by atoms with Crippen LogP contribution in [0.2, 0.25) is 0 Å². The number of allylic oxidation sites excluding steroid dienone is 1. The van der Waals surface area contributed by atoms with Gasteiger partial charge in [-0.3, -0.25) is 0 Å². The van der Waals surface area contributed by atoms with Crippen LogP contribution in [0.4, 0.5) is 0 Å². The highest BCUT2D eigenvalue weighted by atomic mass is 16.5. The van der Waals surface area contributed by atoms with Gasteiger partial charge in [-0.2, -0.15) is 0 Å². The van der Waals surface area contributed by atoms with E-state index in [4.69, 9.17) is 15.2 Å². The van der Waals surface area contributed by atoms with Crippen LogP contribution >= 0.6 is 0 Å². The van der Waals surface area contributed by atoms with Crippen molar-refractivity contribution in [3.63, 3.8) is 0 Å². The molecule has 0 aromatic heterocycles. The van der Waals surface area contributed by atoms with Gasteiger partial charge in [0.2, 0.25) is 0 Å². The van der Waals surface area contributed by atoms with Crippen molar-refractivity contribution >= 4 is 0 Å². The van der Waals surface area contributed by atoms with E-state index in [1.807, 2.05) is 18.2 Å². The molecule has 1 aromatic carbocycles. The SMILES string of the molecule is COc1ccc(C(N)/C2=C/CCCCCC2)cc1OC. The summed E-state index contributed by atoms with van der Waals surface area (Å²) in [5, 5.41) is 0. The number of hydrogen-bond donors (Lipinski definition) is 1. The molecule has 0 bridgehead atoms. The van der Waals surface area contributed by atoms with Crippen LogP contribution in [0, 0.1) is 0 Å². The highest BCUT2D eigenvalue weighted by Gasteiger charge is 2.15. The highest BCUT2D eigenvalue weighted by Crippen LogP contribution is 2.33. The van der Waals surface area contributed by atoms with Crippen molar-refractivity contribution in [1.29, 1.82) is 0 Å². The minimum atomic E-state index is -0.0343. The normalized spacial score (nSPS) is 20.2. The Bertz CT molecular complexity index is 468. The van der Waals surface area contributed by atoms with E-state index in [1.165, 1.54) is 31.3 Å². The average Bonchev–Trinajstić information content (AvgIpc) is 2.45. The first kappa shape index (κ1) is 14.9. The Balaban J connectivity index is 2.20. The standard InChI is InChI=1S/C17H25NO2/c1-19-15-11-10-14(12-16(15)20-2)17(18)13-8-6-4-3-5-7-9-13/h8,10-12,17H,3-7,9,18H2,1-2H3/b13-8+. The Morgan fingerprint density at radius 2 is 1.75 bits per heavy atom. The number of hydrogen-bond acceptors (Lipinski definition) is 3. The van der Waals surface area contributed by atoms with E-state index in [0.29, 0.717) is 0 Å². The summed E-state index contributed by atoms with van der Waals surface area (Å²) in [6.07, 6.45) is 9.77. The Hall–Kier alpha value is -1.48. The average molecular weight is 275 g/mol. The van der Waals surface area contributed by atoms with Gasteiger partial charge in [-0.1, -0.05) is 30.6 Å². The molecule has 2 rings (SSSR count). The largest absolute Gasteiger partial charge is 0.493 e. The van der Waals surface area contributed by atoms with Crippen LogP contribution < -0.4 is 15.2 Å². The van der Waals surface area contributed by atoms with E-state index in [9.17, 15) is 0 Å². The molecule has 20 heavy (non-hydrogen) atoms. The lowest BCUT2D eigenvalue weighted by atomic mass is 9.91. The van der Waals surface area contributed by atoms with Gasteiger partial charge < -0.3 is 15.2 Å². The maximum Gasteiger partial charge on any atom is 0.161 e. The van der Waals surface area contributed by atoms with Crippen molar-refractivity contribution < 1.29 is 9.47 Å². The smallest absolute Gasteiger partial charge is 0.161 e. The highest BCUT2D eigenvalue weighted by molar-refractivity contribution is 5.45. The van der Waals surface area contributed by atoms with E-state index >= 15 is 0 Å². The van der Waals surface area contributed by atoms with Crippen molar-refractivity contribution in [2.24, 2.45) is 5.73 Å². The molecule has 1 aromatic rings. The summed E-state index contributed by atoms with van der Waals surface area (Å²) in [5.74, 6) is 1.49. The summed E-state index contributed by atoms with van der Waals surface area (Å²) in [5.41, 5.74) is 8.89. The number of ether oxygens (including phenoxy) is 2. The second-order valence-corrected chi connectivity index (χ2v) is 5.32. The van der Waals surface area contributed by atoms with Crippen molar-refractivity contribution in [3.8, 4) is 11.5 Å². The van der Waals surface area contributed by atoms with Crippen LogP contribution in [0.25, 0.3) is 0 Å². The van der Waals surface area contributed by atoms with Gasteiger partial charge in [0.15, 0.2) is 11.5 Å². The van der Waals surface area contributed by atoms with Crippen molar-refractivity contribution in [2.75, 3.05) is 14.2 Å². The van der Waals surface area contributed by atoms with Gasteiger partial charge in [0.05, 0.1) is 20.3 Å². The van der Waals surface area contributed by atoms with E-state index in [2.05, 4.69) is 6.08 Å². The van der Waals surface area contributed by atoms with Gasteiger partial charge in [0, 0.05) is 0 Å². The van der Waals surface area contributed by atoms with Gasteiger partial charge in [0.1, 0.15) is 0 Å². The van der Waals surface area contributed by atoms with E-state index < -0.39 is 0 Å². The first-order valence-electron chi connectivity index (χ1n) is 7.42. The zero-order valence-electron chi connectivity index (χ0n) is 12.5. The first-order valence-corrected chi connectivity index (χ1v) is 7.42. The second-order valence-electron chi connectivity index (χ2n) is 5.32. The predicted octanol–water partition coefficient (Wildman–Crippen LogP) is 3.98. The molecule has 0 saturated carbocycles. The minimum Gasteiger partial charge on any atom is -0.493 e. The van der Waals surface area contributed by atoms with Gasteiger partial charge in [-0.05, 0) is 43.4 Å². The lowest BCUT2D eigenvalue weighted by Crippen LogP contribution is -2.14. The molecule has 0 aliphatic heterocycles. The lowest BCUT2D eigenvalue weighted by molar-refractivity contribution is 0.354. The molecule has 110 valence electrons. The molecule has 1 atom stereocenters. The van der Waals surface area contributed by atoms with Gasteiger partial charge in [-0.25, -0.2) is 0 Å². The summed E-state index contributed by atoms with van der Waals surface area (Å²) >= 11 is 0. The predicted molar refractivity (Wildman–Crippen MR) is 82.3 cm³/mol. The Morgan fingerprint density at radius 3 is 2.50 bits per heavy atom. The fourth-order valence-corrected chi connectivity index (χ4v) is 2.76. The number of nitrogens with two attached hydrogens (primary N) is 1. The van der Waals surface area contributed by atoms with Crippen molar-refractivity contribution in [3.05, 3.63) is 35.4 Å². The molecule has 0 spiro atoms. The van der Waals surface area contributed by atoms with Crippen molar-refractivity contribution in [1.82, 2.24) is 0 Å². The molecule has 1 unspecified atom stereocenters. The molecule has 3 nitrogen and oxygen atoms in total. The van der Waals surface area contributed by atoms with Crippen LogP contribution in [0.1, 0.15) is 50.1 Å². The van der Waals surface area contributed by atoms with Crippen LogP contribution in [0.5, 0.6) is 11.5 Å². The summed E-state index contributed by atoms with van der Waals surface area (Å²) in [6, 6.07) is 5.92. The third kappa shape index (κ3) is 3.54. The number of methoxy groups -OCH3 is 2. The number of benzene rings is 1. The van der Waals surface area contributed by atoms with Gasteiger partial charge in [0.25, 0.3) is 0 Å². The molecule has 1 aliphatic carbocycles. The molecule has 1 aliphatic rings. The topological polar surface area (TPSA) is 44.5 Å². The molecule has 0 fully saturated rings. The summed E-state index contributed by atoms with van der Waals surface area (Å²) in [6.45, 7) is 0. The summed E-state index contributed by atoms with van der Waals surface area (Å²) < 4.78 is 10.6. The molecular weight excluding hydrogens is 250 g/mol. The van der Waals surface area contributed by atoms with E-state index in [-0.39, 0.29) is 6.04 Å². The van der Waals surface area contributed by atoms with Crippen LogP contribution in [0.3, 0.4) is 0 Å². The van der Waals surface area contributed by atoms with Gasteiger partial charge in [-0.15, -0.1) is 0 Å². The zero-order valence-corrected chi connectivity index (χ0v) is 12.5. The Kier molecular flexibility index (Phi) is 5.48. The molecular formula is C17H25NO2. The fourth-order valence-electron chi connectivity index (χ4n) is 2.76. The molecule has 0 saturated heterocycles. The second kappa shape index (κ2) is 7.34. The third-order valence-electron chi connectivity index (χ3n) is 3.99. The van der Waals surface area contributed by atoms with E-state index in [1.54, 1.807) is 14.2 Å². The van der Waals surface area contributed by atoms with Crippen LogP contribution in [-0.2, 0) is 0 Å². The first-order chi connectivity index (χ1) is 9.76. The maximum absolute atomic E-state index is 6.44. The van der Waals surface area contributed by atoms with Gasteiger partial charge >= 0.3 is 0 Å². The number of rotatable bonds is 4. The third-order valence-corrected chi connectivity index (χ3v) is 3.99. The Labute approximate surface area is 121 Å². The minimum absolute atomic E-state index is 0.0343. The zero-order chi connectivity index (χ0) is 14.4. The van der Waals surface area contributed by atoms with Crippen LogP contribution in [0.15, 0.2) is 29.8 Å². The molecule has 0 radical (unpaired) electrons. The molecule has 0 heterocycles.